The quantitative estimate of drug-likeness (QED) is 0.642. The summed E-state index contributed by atoms with van der Waals surface area (Å²) in [6, 6.07) is 0. The number of phosphoric ester groups is 1. The molecule has 1 atom stereocenters. The van der Waals surface area contributed by atoms with Crippen molar-refractivity contribution in [2.75, 3.05) is 0 Å². The average molecular weight is 192 g/mol. The number of azo groups is 1. The van der Waals surface area contributed by atoms with Crippen LogP contribution in [0.25, 0.3) is 0 Å². The topological polar surface area (TPSA) is 91.5 Å². The molecule has 0 amide bonds. The summed E-state index contributed by atoms with van der Waals surface area (Å²) in [7, 11) is -4.51. The van der Waals surface area contributed by atoms with E-state index < -0.39 is 13.5 Å². The lowest BCUT2D eigenvalue weighted by Gasteiger charge is -2.21. The summed E-state index contributed by atoms with van der Waals surface area (Å²) >= 11 is 0. The van der Waals surface area contributed by atoms with E-state index in [2.05, 4.69) is 14.8 Å². The van der Waals surface area contributed by atoms with Gasteiger partial charge >= 0.3 is 7.82 Å². The van der Waals surface area contributed by atoms with Gasteiger partial charge in [-0.05, 0) is 13.8 Å². The molecule has 0 bridgehead atoms. The molecule has 0 saturated heterocycles. The maximum absolute atomic E-state index is 10.5. The zero-order chi connectivity index (χ0) is 9.41. The van der Waals surface area contributed by atoms with Gasteiger partial charge in [0.05, 0.1) is 6.20 Å². The maximum atomic E-state index is 10.5. The Balaban J connectivity index is 2.82. The summed E-state index contributed by atoms with van der Waals surface area (Å²) in [5.41, 5.74) is -0.746. The highest BCUT2D eigenvalue weighted by Gasteiger charge is 2.37. The molecule has 1 heterocycles. The zero-order valence-corrected chi connectivity index (χ0v) is 7.52. The van der Waals surface area contributed by atoms with Crippen LogP contribution in [0.2, 0.25) is 0 Å². The van der Waals surface area contributed by atoms with E-state index in [-0.39, 0.29) is 0 Å². The number of nitrogens with zero attached hydrogens (tertiary/aromatic N) is 2. The highest BCUT2D eigenvalue weighted by molar-refractivity contribution is 7.46. The second-order valence-electron chi connectivity index (χ2n) is 2.59. The van der Waals surface area contributed by atoms with Gasteiger partial charge in [-0.3, -0.25) is 4.52 Å². The molecule has 1 unspecified atom stereocenters. The van der Waals surface area contributed by atoms with Crippen LogP contribution in [0.3, 0.4) is 0 Å². The van der Waals surface area contributed by atoms with Crippen LogP contribution in [0.5, 0.6) is 0 Å². The van der Waals surface area contributed by atoms with Crippen molar-refractivity contribution in [2.45, 2.75) is 19.6 Å². The van der Waals surface area contributed by atoms with Crippen molar-refractivity contribution in [3.8, 4) is 0 Å². The summed E-state index contributed by atoms with van der Waals surface area (Å²) in [5.74, 6) is 0. The first-order valence-electron chi connectivity index (χ1n) is 3.19. The van der Waals surface area contributed by atoms with Crippen LogP contribution in [-0.4, -0.2) is 15.5 Å². The Bertz CT molecular complexity index is 294. The molecule has 7 heteroatoms. The molecular weight excluding hydrogens is 183 g/mol. The molecule has 6 nitrogen and oxygen atoms in total. The Morgan fingerprint density at radius 3 is 2.58 bits per heavy atom. The highest BCUT2D eigenvalue weighted by Crippen LogP contribution is 2.45. The lowest BCUT2D eigenvalue weighted by molar-refractivity contribution is 0.0856. The third kappa shape index (κ3) is 1.98. The number of hydrogen-bond acceptors (Lipinski definition) is 4. The largest absolute Gasteiger partial charge is 0.472 e. The van der Waals surface area contributed by atoms with Gasteiger partial charge in [-0.15, -0.1) is 5.11 Å². The third-order valence-corrected chi connectivity index (χ3v) is 2.12. The predicted octanol–water partition coefficient (Wildman–Crippen LogP) is 1.18. The first kappa shape index (κ1) is 9.54. The molecule has 0 aromatic carbocycles. The van der Waals surface area contributed by atoms with E-state index in [4.69, 9.17) is 9.79 Å². The molecular formula is C5H9N2O4P. The van der Waals surface area contributed by atoms with Crippen LogP contribution in [-0.2, 0) is 9.09 Å². The van der Waals surface area contributed by atoms with Crippen LogP contribution in [0.1, 0.15) is 13.8 Å². The van der Waals surface area contributed by atoms with E-state index >= 15 is 0 Å². The van der Waals surface area contributed by atoms with E-state index in [9.17, 15) is 4.57 Å². The summed E-state index contributed by atoms with van der Waals surface area (Å²) in [5, 5.41) is 7.05. The number of hydrogen-bond donors (Lipinski definition) is 2. The van der Waals surface area contributed by atoms with E-state index in [1.54, 1.807) is 6.92 Å². The minimum atomic E-state index is -4.51. The molecule has 0 saturated carbocycles. The second-order valence-corrected chi connectivity index (χ2v) is 3.76. The normalized spacial score (nSPS) is 29.2. The van der Waals surface area contributed by atoms with Gasteiger partial charge < -0.3 is 9.79 Å². The van der Waals surface area contributed by atoms with Gasteiger partial charge in [0.15, 0.2) is 0 Å². The van der Waals surface area contributed by atoms with E-state index in [1.807, 2.05) is 0 Å². The summed E-state index contributed by atoms with van der Waals surface area (Å²) < 4.78 is 14.9. The van der Waals surface area contributed by atoms with Gasteiger partial charge in [0.2, 0.25) is 5.72 Å². The Morgan fingerprint density at radius 1 is 1.67 bits per heavy atom. The molecule has 1 aliphatic heterocycles. The fourth-order valence-corrected chi connectivity index (χ4v) is 1.39. The summed E-state index contributed by atoms with van der Waals surface area (Å²) in [6.45, 7) is 3.07. The first-order chi connectivity index (χ1) is 5.33. The Morgan fingerprint density at radius 2 is 2.25 bits per heavy atom. The molecule has 0 aromatic heterocycles. The molecule has 0 radical (unpaired) electrons. The van der Waals surface area contributed by atoms with Crippen LogP contribution in [0.4, 0.5) is 0 Å². The van der Waals surface area contributed by atoms with Crippen molar-refractivity contribution in [3.63, 3.8) is 0 Å². The molecule has 12 heavy (non-hydrogen) atoms. The van der Waals surface area contributed by atoms with E-state index in [0.29, 0.717) is 5.57 Å². The first-order valence-corrected chi connectivity index (χ1v) is 4.72. The molecule has 68 valence electrons. The zero-order valence-electron chi connectivity index (χ0n) is 6.63. The standard InChI is InChI=1S/C5H9N2O4P/c1-4-3-6-7-5(4,2)11-12(8,9)10/h3H,1-2H3,(H2,8,9,10). The highest BCUT2D eigenvalue weighted by atomic mass is 31.2. The minimum Gasteiger partial charge on any atom is -0.303 e. The third-order valence-electron chi connectivity index (χ3n) is 1.53. The van der Waals surface area contributed by atoms with E-state index in [0.717, 1.165) is 0 Å². The molecule has 0 fully saturated rings. The molecule has 0 aliphatic carbocycles. The lowest BCUT2D eigenvalue weighted by atomic mass is 10.1. The summed E-state index contributed by atoms with van der Waals surface area (Å²) in [4.78, 5) is 17.0. The van der Waals surface area contributed by atoms with Crippen LogP contribution in [0, 0.1) is 0 Å². The summed E-state index contributed by atoms with van der Waals surface area (Å²) in [6.07, 6.45) is 1.40. The average Bonchev–Trinajstić information content (AvgIpc) is 2.08. The van der Waals surface area contributed by atoms with Crippen LogP contribution < -0.4 is 0 Å². The van der Waals surface area contributed by atoms with Crippen molar-refractivity contribution in [2.24, 2.45) is 10.2 Å². The van der Waals surface area contributed by atoms with Gasteiger partial charge in [0, 0.05) is 5.57 Å². The van der Waals surface area contributed by atoms with Gasteiger partial charge in [0.1, 0.15) is 0 Å². The lowest BCUT2D eigenvalue weighted by Crippen LogP contribution is -2.23. The maximum Gasteiger partial charge on any atom is 0.472 e. The van der Waals surface area contributed by atoms with Gasteiger partial charge in [-0.2, -0.15) is 5.11 Å². The molecule has 2 N–H and O–H groups in total. The second kappa shape index (κ2) is 2.74. The van der Waals surface area contributed by atoms with Crippen molar-refractivity contribution < 1.29 is 18.9 Å². The monoisotopic (exact) mass is 192 g/mol. The van der Waals surface area contributed by atoms with Gasteiger partial charge in [-0.25, -0.2) is 4.57 Å². The van der Waals surface area contributed by atoms with E-state index in [1.165, 1.54) is 13.1 Å². The predicted molar refractivity (Wildman–Crippen MR) is 40.1 cm³/mol. The van der Waals surface area contributed by atoms with Crippen molar-refractivity contribution >= 4 is 7.82 Å². The van der Waals surface area contributed by atoms with Gasteiger partial charge in [-0.1, -0.05) is 0 Å². The minimum absolute atomic E-state index is 0.561. The SMILES string of the molecule is CC1=CN=NC1(C)OP(=O)(O)O. The van der Waals surface area contributed by atoms with Crippen LogP contribution in [0.15, 0.2) is 22.0 Å². The number of rotatable bonds is 2. The van der Waals surface area contributed by atoms with Crippen molar-refractivity contribution in [1.82, 2.24) is 0 Å². The molecule has 1 rings (SSSR count). The Kier molecular flexibility index (Phi) is 2.18. The van der Waals surface area contributed by atoms with Crippen molar-refractivity contribution in [1.29, 1.82) is 0 Å². The van der Waals surface area contributed by atoms with Crippen molar-refractivity contribution in [3.05, 3.63) is 11.8 Å². The fraction of sp³-hybridized carbons (Fsp3) is 0.600. The molecule has 1 aliphatic rings. The molecule has 0 aromatic rings. The fourth-order valence-electron chi connectivity index (χ4n) is 0.746. The van der Waals surface area contributed by atoms with Crippen LogP contribution >= 0.6 is 7.82 Å². The number of phosphoric acid groups is 1. The Labute approximate surface area is 69.2 Å². The van der Waals surface area contributed by atoms with Gasteiger partial charge in [0.25, 0.3) is 0 Å². The molecule has 0 spiro atoms. The Hall–Kier alpha value is -0.550. The smallest absolute Gasteiger partial charge is 0.303 e.